The summed E-state index contributed by atoms with van der Waals surface area (Å²) in [4.78, 5) is 15.4. The van der Waals surface area contributed by atoms with Gasteiger partial charge in [0, 0.05) is 56.5 Å². The van der Waals surface area contributed by atoms with Gasteiger partial charge in [0.2, 0.25) is 0 Å². The van der Waals surface area contributed by atoms with Crippen LogP contribution in [0.3, 0.4) is 0 Å². The second kappa shape index (κ2) is 7.92. The monoisotopic (exact) mass is 414 g/mol. The molecule has 1 atom stereocenters. The van der Waals surface area contributed by atoms with Crippen molar-refractivity contribution in [1.82, 2.24) is 9.97 Å². The topological polar surface area (TPSA) is 59.3 Å². The van der Waals surface area contributed by atoms with Crippen LogP contribution in [-0.4, -0.2) is 50.2 Å². The van der Waals surface area contributed by atoms with Gasteiger partial charge in [-0.3, -0.25) is 0 Å². The highest BCUT2D eigenvalue weighted by molar-refractivity contribution is 9.10. The third-order valence-electron chi connectivity index (χ3n) is 4.84. The summed E-state index contributed by atoms with van der Waals surface area (Å²) in [6, 6.07) is 10.5. The van der Waals surface area contributed by atoms with Crippen molar-refractivity contribution >= 4 is 33.3 Å². The summed E-state index contributed by atoms with van der Waals surface area (Å²) in [5.74, 6) is 1.85. The largest absolute Gasteiger partial charge is 0.369 e. The van der Waals surface area contributed by atoms with Crippen molar-refractivity contribution in [3.63, 3.8) is 0 Å². The second-order valence-electron chi connectivity index (χ2n) is 6.76. The Balaban J connectivity index is 1.77. The van der Waals surface area contributed by atoms with Crippen molar-refractivity contribution in [2.45, 2.75) is 18.9 Å². The minimum absolute atomic E-state index is 0.378. The van der Waals surface area contributed by atoms with E-state index in [1.807, 2.05) is 43.3 Å². The fourth-order valence-electron chi connectivity index (χ4n) is 3.26. The van der Waals surface area contributed by atoms with Gasteiger partial charge in [-0.1, -0.05) is 0 Å². The van der Waals surface area contributed by atoms with Crippen molar-refractivity contribution < 1.29 is 0 Å². The molecule has 0 aliphatic carbocycles. The molecule has 1 saturated heterocycles. The van der Waals surface area contributed by atoms with Gasteiger partial charge in [0.25, 0.3) is 0 Å². The summed E-state index contributed by atoms with van der Waals surface area (Å²) in [5, 5.41) is 9.11. The summed E-state index contributed by atoms with van der Waals surface area (Å²) >= 11 is 3.49. The summed E-state index contributed by atoms with van der Waals surface area (Å²) < 4.78 is 0.847. The molecule has 1 aliphatic rings. The van der Waals surface area contributed by atoms with E-state index in [-0.39, 0.29) is 0 Å². The van der Waals surface area contributed by atoms with Crippen LogP contribution in [0.2, 0.25) is 0 Å². The fourth-order valence-corrected chi connectivity index (χ4v) is 3.71. The van der Waals surface area contributed by atoms with Crippen molar-refractivity contribution in [1.29, 1.82) is 5.26 Å². The van der Waals surface area contributed by atoms with E-state index in [1.165, 1.54) is 0 Å². The van der Waals surface area contributed by atoms with Crippen LogP contribution in [0.15, 0.2) is 35.1 Å². The first-order valence-electron chi connectivity index (χ1n) is 8.66. The van der Waals surface area contributed by atoms with Crippen LogP contribution in [0.4, 0.5) is 17.3 Å². The van der Waals surface area contributed by atoms with Crippen LogP contribution in [-0.2, 0) is 0 Å². The molecule has 0 amide bonds. The number of likely N-dealkylation sites (N-methyl/N-ethyl adjacent to an activating group) is 1. The third kappa shape index (κ3) is 3.91. The summed E-state index contributed by atoms with van der Waals surface area (Å²) in [6.07, 6.45) is 3.88. The number of halogens is 1. The molecular formula is C19H23BrN6. The maximum absolute atomic E-state index is 9.11. The molecule has 3 rings (SSSR count). The van der Waals surface area contributed by atoms with Crippen molar-refractivity contribution in [3.05, 3.63) is 40.6 Å². The van der Waals surface area contributed by atoms with E-state index in [0.29, 0.717) is 11.6 Å². The highest BCUT2D eigenvalue weighted by atomic mass is 79.9. The lowest BCUT2D eigenvalue weighted by Crippen LogP contribution is -2.47. The molecule has 7 heteroatoms. The minimum Gasteiger partial charge on any atom is -0.369 e. The van der Waals surface area contributed by atoms with E-state index >= 15 is 0 Å². The first kappa shape index (κ1) is 18.5. The highest BCUT2D eigenvalue weighted by Crippen LogP contribution is 2.28. The molecule has 26 heavy (non-hydrogen) atoms. The summed E-state index contributed by atoms with van der Waals surface area (Å²) in [7, 11) is 6.07. The zero-order valence-corrected chi connectivity index (χ0v) is 16.9. The Labute approximate surface area is 163 Å². The number of benzene rings is 1. The molecule has 0 bridgehead atoms. The number of nitrogens with zero attached hydrogens (tertiary/aromatic N) is 6. The molecule has 2 aromatic rings. The van der Waals surface area contributed by atoms with Crippen molar-refractivity contribution in [2.24, 2.45) is 0 Å². The molecule has 1 aromatic carbocycles. The van der Waals surface area contributed by atoms with Gasteiger partial charge >= 0.3 is 0 Å². The lowest BCUT2D eigenvalue weighted by molar-refractivity contribution is 0.486. The summed E-state index contributed by atoms with van der Waals surface area (Å²) in [6.45, 7) is 1.95. The molecule has 1 aromatic heterocycles. The average Bonchev–Trinajstić information content (AvgIpc) is 2.67. The fraction of sp³-hybridized carbons (Fsp3) is 0.421. The Hall–Kier alpha value is -2.33. The Morgan fingerprint density at radius 2 is 1.96 bits per heavy atom. The van der Waals surface area contributed by atoms with E-state index in [9.17, 15) is 0 Å². The van der Waals surface area contributed by atoms with Gasteiger partial charge in [-0.2, -0.15) is 5.26 Å². The number of rotatable bonds is 4. The number of anilines is 3. The molecule has 2 heterocycles. The minimum atomic E-state index is 0.378. The normalized spacial score (nSPS) is 16.9. The number of nitriles is 1. The smallest absolute Gasteiger partial charge is 0.134 e. The van der Waals surface area contributed by atoms with Crippen LogP contribution in [0.1, 0.15) is 18.4 Å². The maximum Gasteiger partial charge on any atom is 0.134 e. The average molecular weight is 415 g/mol. The number of aromatic nitrogens is 2. The molecule has 1 aliphatic heterocycles. The molecular weight excluding hydrogens is 392 g/mol. The predicted octanol–water partition coefficient (Wildman–Crippen LogP) is 3.28. The van der Waals surface area contributed by atoms with Crippen LogP contribution < -0.4 is 14.7 Å². The van der Waals surface area contributed by atoms with Gasteiger partial charge in [0.15, 0.2) is 0 Å². The molecule has 0 N–H and O–H groups in total. The van der Waals surface area contributed by atoms with Gasteiger partial charge in [-0.25, -0.2) is 9.97 Å². The quantitative estimate of drug-likeness (QED) is 0.764. The van der Waals surface area contributed by atoms with E-state index in [2.05, 4.69) is 48.8 Å². The predicted molar refractivity (Wildman–Crippen MR) is 109 cm³/mol. The van der Waals surface area contributed by atoms with Crippen LogP contribution in [0.5, 0.6) is 0 Å². The van der Waals surface area contributed by atoms with Gasteiger partial charge < -0.3 is 14.7 Å². The molecule has 0 saturated carbocycles. The van der Waals surface area contributed by atoms with E-state index < -0.39 is 0 Å². The first-order chi connectivity index (χ1) is 12.5. The Kier molecular flexibility index (Phi) is 5.62. The Morgan fingerprint density at radius 3 is 2.65 bits per heavy atom. The molecule has 1 unspecified atom stereocenters. The Morgan fingerprint density at radius 1 is 1.19 bits per heavy atom. The van der Waals surface area contributed by atoms with Crippen molar-refractivity contribution in [2.75, 3.05) is 48.9 Å². The molecule has 0 spiro atoms. The number of piperidine rings is 1. The summed E-state index contributed by atoms with van der Waals surface area (Å²) in [5.41, 5.74) is 1.81. The lowest BCUT2D eigenvalue weighted by atomic mass is 10.0. The SMILES string of the molecule is CN(C)c1cc(N(C)C2CCCN(c3ccc(C#N)c(Br)c3)C2)ncn1. The van der Waals surface area contributed by atoms with Gasteiger partial charge in [-0.05, 0) is 47.0 Å². The number of hydrogen-bond donors (Lipinski definition) is 0. The lowest BCUT2D eigenvalue weighted by Gasteiger charge is -2.39. The molecule has 0 radical (unpaired) electrons. The van der Waals surface area contributed by atoms with Gasteiger partial charge in [-0.15, -0.1) is 0 Å². The zero-order chi connectivity index (χ0) is 18.7. The van der Waals surface area contributed by atoms with E-state index in [1.54, 1.807) is 6.33 Å². The number of hydrogen-bond acceptors (Lipinski definition) is 6. The van der Waals surface area contributed by atoms with Gasteiger partial charge in [0.1, 0.15) is 24.0 Å². The van der Waals surface area contributed by atoms with E-state index in [0.717, 1.165) is 47.7 Å². The van der Waals surface area contributed by atoms with Crippen LogP contribution in [0, 0.1) is 11.3 Å². The molecule has 6 nitrogen and oxygen atoms in total. The standard InChI is InChI=1S/C19H23BrN6/c1-24(2)18-10-19(23-13-22-18)25(3)16-5-4-8-26(12-16)15-7-6-14(11-21)17(20)9-15/h6-7,9-10,13,16H,4-5,8,12H2,1-3H3. The Bertz CT molecular complexity index is 816. The van der Waals surface area contributed by atoms with Gasteiger partial charge in [0.05, 0.1) is 5.56 Å². The van der Waals surface area contributed by atoms with Crippen LogP contribution >= 0.6 is 15.9 Å². The van der Waals surface area contributed by atoms with Crippen molar-refractivity contribution in [3.8, 4) is 6.07 Å². The van der Waals surface area contributed by atoms with Crippen LogP contribution in [0.25, 0.3) is 0 Å². The zero-order valence-electron chi connectivity index (χ0n) is 15.4. The molecule has 1 fully saturated rings. The third-order valence-corrected chi connectivity index (χ3v) is 5.50. The highest BCUT2D eigenvalue weighted by Gasteiger charge is 2.25. The first-order valence-corrected chi connectivity index (χ1v) is 9.45. The molecule has 136 valence electrons. The second-order valence-corrected chi connectivity index (χ2v) is 7.61. The maximum atomic E-state index is 9.11. The van der Waals surface area contributed by atoms with E-state index in [4.69, 9.17) is 5.26 Å².